The van der Waals surface area contributed by atoms with Crippen LogP contribution in [0.5, 0.6) is 0 Å². The number of hydrogen-bond acceptors (Lipinski definition) is 4. The molecule has 90 valence electrons. The zero-order valence-corrected chi connectivity index (χ0v) is 10.6. The van der Waals surface area contributed by atoms with Crippen LogP contribution in [-0.2, 0) is 0 Å². The van der Waals surface area contributed by atoms with E-state index in [2.05, 4.69) is 21.8 Å². The molecule has 4 heteroatoms. The van der Waals surface area contributed by atoms with Gasteiger partial charge in [-0.2, -0.15) is 0 Å². The number of nitrogens with two attached hydrogens (primary N) is 1. The topological polar surface area (TPSA) is 50.9 Å². The van der Waals surface area contributed by atoms with Crippen LogP contribution >= 0.6 is 11.3 Å². The van der Waals surface area contributed by atoms with Crippen molar-refractivity contribution in [2.45, 2.75) is 0 Å². The van der Waals surface area contributed by atoms with E-state index < -0.39 is 0 Å². The molecule has 0 bridgehead atoms. The van der Waals surface area contributed by atoms with Crippen molar-refractivity contribution >= 4 is 22.6 Å². The van der Waals surface area contributed by atoms with Crippen LogP contribution in [0, 0.1) is 0 Å². The van der Waals surface area contributed by atoms with Crippen LogP contribution in [0.2, 0.25) is 0 Å². The van der Waals surface area contributed by atoms with Crippen molar-refractivity contribution in [3.8, 4) is 10.6 Å². The number of anilines is 1. The van der Waals surface area contributed by atoms with E-state index in [9.17, 15) is 0 Å². The smallest absolute Gasteiger partial charge is 0.126 e. The average Bonchev–Trinajstić information content (AvgIpc) is 2.90. The van der Waals surface area contributed by atoms with E-state index in [4.69, 9.17) is 5.73 Å². The number of dihydropyridines is 1. The lowest BCUT2D eigenvalue weighted by Gasteiger charge is -2.07. The van der Waals surface area contributed by atoms with Crippen LogP contribution < -0.4 is 11.1 Å². The summed E-state index contributed by atoms with van der Waals surface area (Å²) < 4.78 is 0. The summed E-state index contributed by atoms with van der Waals surface area (Å²) in [5.41, 5.74) is 9.98. The standard InChI is InChI=1S/C14H13N3S/c15-12-6-2-1-5-11(12)14-17-13(9-18-14)10-4-3-7-16-8-10/h1-7,9,16H,8,15H2. The van der Waals surface area contributed by atoms with Crippen molar-refractivity contribution in [1.82, 2.24) is 10.3 Å². The molecule has 3 rings (SSSR count). The number of rotatable bonds is 2. The highest BCUT2D eigenvalue weighted by molar-refractivity contribution is 7.13. The lowest BCUT2D eigenvalue weighted by atomic mass is 10.1. The summed E-state index contributed by atoms with van der Waals surface area (Å²) in [7, 11) is 0. The van der Waals surface area contributed by atoms with Gasteiger partial charge in [-0.1, -0.05) is 18.2 Å². The summed E-state index contributed by atoms with van der Waals surface area (Å²) in [6, 6.07) is 7.83. The Morgan fingerprint density at radius 2 is 2.17 bits per heavy atom. The number of benzene rings is 1. The first-order valence-corrected chi connectivity index (χ1v) is 6.62. The van der Waals surface area contributed by atoms with Gasteiger partial charge in [0.15, 0.2) is 0 Å². The van der Waals surface area contributed by atoms with Gasteiger partial charge in [-0.25, -0.2) is 4.98 Å². The van der Waals surface area contributed by atoms with Gasteiger partial charge in [0.2, 0.25) is 0 Å². The Kier molecular flexibility index (Phi) is 2.86. The second kappa shape index (κ2) is 4.66. The zero-order valence-electron chi connectivity index (χ0n) is 9.76. The largest absolute Gasteiger partial charge is 0.398 e. The molecule has 1 aliphatic rings. The summed E-state index contributed by atoms with van der Waals surface area (Å²) in [6.45, 7) is 0.823. The van der Waals surface area contributed by atoms with Gasteiger partial charge >= 0.3 is 0 Å². The first-order chi connectivity index (χ1) is 8.84. The number of thiazole rings is 1. The van der Waals surface area contributed by atoms with Crippen molar-refractivity contribution in [3.05, 3.63) is 53.7 Å². The summed E-state index contributed by atoms with van der Waals surface area (Å²) in [5, 5.41) is 6.23. The second-order valence-electron chi connectivity index (χ2n) is 4.06. The maximum Gasteiger partial charge on any atom is 0.126 e. The lowest BCUT2D eigenvalue weighted by Crippen LogP contribution is -2.11. The predicted octanol–water partition coefficient (Wildman–Crippen LogP) is 2.89. The summed E-state index contributed by atoms with van der Waals surface area (Å²) in [6.07, 6.45) is 6.02. The molecule has 0 saturated heterocycles. The van der Waals surface area contributed by atoms with E-state index in [-0.39, 0.29) is 0 Å². The highest BCUT2D eigenvalue weighted by Crippen LogP contribution is 2.30. The molecular formula is C14H13N3S. The minimum atomic E-state index is 0.772. The van der Waals surface area contributed by atoms with E-state index in [1.165, 1.54) is 5.57 Å². The highest BCUT2D eigenvalue weighted by atomic mass is 32.1. The van der Waals surface area contributed by atoms with E-state index in [1.54, 1.807) is 11.3 Å². The SMILES string of the molecule is Nc1ccccc1-c1nc(C2=CC=CNC2)cs1. The molecule has 0 radical (unpaired) electrons. The summed E-state index contributed by atoms with van der Waals surface area (Å²) in [4.78, 5) is 4.66. The maximum absolute atomic E-state index is 5.97. The molecule has 2 heterocycles. The zero-order chi connectivity index (χ0) is 12.4. The summed E-state index contributed by atoms with van der Waals surface area (Å²) >= 11 is 1.63. The second-order valence-corrected chi connectivity index (χ2v) is 4.92. The first-order valence-electron chi connectivity index (χ1n) is 5.74. The fourth-order valence-corrected chi connectivity index (χ4v) is 2.76. The Labute approximate surface area is 110 Å². The van der Waals surface area contributed by atoms with E-state index in [0.717, 1.165) is 28.5 Å². The molecule has 1 aromatic heterocycles. The first kappa shape index (κ1) is 11.0. The van der Waals surface area contributed by atoms with Crippen LogP contribution in [-0.4, -0.2) is 11.5 Å². The normalized spacial score (nSPS) is 14.1. The van der Waals surface area contributed by atoms with Crippen LogP contribution in [0.4, 0.5) is 5.69 Å². The van der Waals surface area contributed by atoms with Crippen molar-refractivity contribution in [1.29, 1.82) is 0 Å². The molecule has 0 fully saturated rings. The minimum Gasteiger partial charge on any atom is -0.398 e. The molecule has 2 aromatic rings. The van der Waals surface area contributed by atoms with Gasteiger partial charge < -0.3 is 11.1 Å². The molecule has 3 N–H and O–H groups in total. The number of nitrogens with zero attached hydrogens (tertiary/aromatic N) is 1. The minimum absolute atomic E-state index is 0.772. The van der Waals surface area contributed by atoms with Crippen molar-refractivity contribution in [2.24, 2.45) is 0 Å². The van der Waals surface area contributed by atoms with Crippen LogP contribution in [0.1, 0.15) is 5.69 Å². The van der Waals surface area contributed by atoms with Crippen molar-refractivity contribution in [3.63, 3.8) is 0 Å². The Morgan fingerprint density at radius 3 is 2.94 bits per heavy atom. The number of nitrogen functional groups attached to an aromatic ring is 1. The molecule has 0 atom stereocenters. The molecule has 0 unspecified atom stereocenters. The van der Waals surface area contributed by atoms with Crippen LogP contribution in [0.3, 0.4) is 0 Å². The third kappa shape index (κ3) is 2.02. The third-order valence-corrected chi connectivity index (χ3v) is 3.70. The third-order valence-electron chi connectivity index (χ3n) is 2.83. The molecule has 0 amide bonds. The van der Waals surface area contributed by atoms with Gasteiger partial charge in [0.25, 0.3) is 0 Å². The van der Waals surface area contributed by atoms with Gasteiger partial charge in [0, 0.05) is 23.2 Å². The molecule has 3 nitrogen and oxygen atoms in total. The van der Waals surface area contributed by atoms with Crippen molar-refractivity contribution < 1.29 is 0 Å². The van der Waals surface area contributed by atoms with Crippen molar-refractivity contribution in [2.75, 3.05) is 12.3 Å². The van der Waals surface area contributed by atoms with Gasteiger partial charge in [-0.15, -0.1) is 11.3 Å². The molecule has 0 aliphatic carbocycles. The lowest BCUT2D eigenvalue weighted by molar-refractivity contribution is 0.981. The van der Waals surface area contributed by atoms with E-state index in [1.807, 2.05) is 36.5 Å². The van der Waals surface area contributed by atoms with Crippen LogP contribution in [0.15, 0.2) is 48.0 Å². The molecule has 0 saturated carbocycles. The Hall–Kier alpha value is -2.07. The quantitative estimate of drug-likeness (QED) is 0.811. The predicted molar refractivity (Wildman–Crippen MR) is 77.1 cm³/mol. The highest BCUT2D eigenvalue weighted by Gasteiger charge is 2.10. The Bertz CT molecular complexity index is 625. The van der Waals surface area contributed by atoms with Crippen LogP contribution in [0.25, 0.3) is 16.1 Å². The van der Waals surface area contributed by atoms with Gasteiger partial charge in [0.05, 0.1) is 5.69 Å². The van der Waals surface area contributed by atoms with E-state index >= 15 is 0 Å². The Balaban J connectivity index is 1.97. The molecule has 1 aromatic carbocycles. The molecule has 18 heavy (non-hydrogen) atoms. The molecular weight excluding hydrogens is 242 g/mol. The van der Waals surface area contributed by atoms with E-state index in [0.29, 0.717) is 0 Å². The number of allylic oxidation sites excluding steroid dienone is 2. The van der Waals surface area contributed by atoms with Gasteiger partial charge in [-0.3, -0.25) is 0 Å². The number of nitrogens with one attached hydrogen (secondary N) is 1. The molecule has 1 aliphatic heterocycles. The number of hydrogen-bond donors (Lipinski definition) is 2. The fourth-order valence-electron chi connectivity index (χ4n) is 1.87. The van der Waals surface area contributed by atoms with Gasteiger partial charge in [0.1, 0.15) is 5.01 Å². The fraction of sp³-hybridized carbons (Fsp3) is 0.0714. The molecule has 0 spiro atoms. The maximum atomic E-state index is 5.97. The number of aromatic nitrogens is 1. The monoisotopic (exact) mass is 255 g/mol. The van der Waals surface area contributed by atoms with Gasteiger partial charge in [-0.05, 0) is 30.0 Å². The summed E-state index contributed by atoms with van der Waals surface area (Å²) in [5.74, 6) is 0. The Morgan fingerprint density at radius 1 is 1.28 bits per heavy atom. The average molecular weight is 255 g/mol. The number of para-hydroxylation sites is 1.